The van der Waals surface area contributed by atoms with Crippen molar-refractivity contribution in [2.24, 2.45) is 4.99 Å². The van der Waals surface area contributed by atoms with Gasteiger partial charge in [-0.3, -0.25) is 4.79 Å². The molecule has 1 aromatic heterocycles. The van der Waals surface area contributed by atoms with Crippen LogP contribution in [-0.2, 0) is 4.79 Å². The third-order valence-electron chi connectivity index (χ3n) is 3.82. The molecular weight excluding hydrogens is 360 g/mol. The molecule has 0 spiro atoms. The highest BCUT2D eigenvalue weighted by molar-refractivity contribution is 7.16. The summed E-state index contributed by atoms with van der Waals surface area (Å²) in [5, 5.41) is 9.87. The van der Waals surface area contributed by atoms with Crippen LogP contribution in [0.5, 0.6) is 0 Å². The zero-order valence-corrected chi connectivity index (χ0v) is 14.9. The molecule has 0 aliphatic carbocycles. The second-order valence-corrected chi connectivity index (χ2v) is 6.80. The SMILES string of the molecule is CCC(C(=O)O)n1/c(=N/C(=O)c2ccccc2Cl)sc2ccccc21. The normalized spacial score (nSPS) is 13.1. The molecule has 3 aromatic rings. The number of carboxylic acids is 1. The maximum absolute atomic E-state index is 12.5. The van der Waals surface area contributed by atoms with Crippen molar-refractivity contribution in [3.8, 4) is 0 Å². The van der Waals surface area contributed by atoms with Crippen LogP contribution in [0, 0.1) is 0 Å². The predicted molar refractivity (Wildman–Crippen MR) is 98.1 cm³/mol. The molecule has 0 radical (unpaired) electrons. The van der Waals surface area contributed by atoms with Gasteiger partial charge in [0, 0.05) is 0 Å². The fourth-order valence-electron chi connectivity index (χ4n) is 2.62. The van der Waals surface area contributed by atoms with Crippen LogP contribution in [0.15, 0.2) is 53.5 Å². The molecule has 0 bridgehead atoms. The molecule has 0 fully saturated rings. The number of aromatic nitrogens is 1. The van der Waals surface area contributed by atoms with Gasteiger partial charge in [-0.15, -0.1) is 0 Å². The first-order valence-electron chi connectivity index (χ1n) is 7.69. The van der Waals surface area contributed by atoms with E-state index < -0.39 is 17.9 Å². The van der Waals surface area contributed by atoms with E-state index in [0.29, 0.717) is 16.2 Å². The lowest BCUT2D eigenvalue weighted by molar-refractivity contribution is -0.140. The van der Waals surface area contributed by atoms with Crippen LogP contribution >= 0.6 is 22.9 Å². The minimum atomic E-state index is -0.960. The Bertz CT molecular complexity index is 1020. The first-order valence-corrected chi connectivity index (χ1v) is 8.88. The Morgan fingerprint density at radius 3 is 2.56 bits per heavy atom. The van der Waals surface area contributed by atoms with Gasteiger partial charge in [-0.05, 0) is 30.7 Å². The summed E-state index contributed by atoms with van der Waals surface area (Å²) in [4.78, 5) is 28.7. The van der Waals surface area contributed by atoms with Crippen molar-refractivity contribution in [3.63, 3.8) is 0 Å². The first-order chi connectivity index (χ1) is 12.0. The van der Waals surface area contributed by atoms with Gasteiger partial charge < -0.3 is 9.67 Å². The molecule has 1 amide bonds. The number of thiazole rings is 1. The van der Waals surface area contributed by atoms with Crippen molar-refractivity contribution in [1.82, 2.24) is 4.57 Å². The Balaban J connectivity index is 2.23. The van der Waals surface area contributed by atoms with Crippen molar-refractivity contribution in [2.45, 2.75) is 19.4 Å². The van der Waals surface area contributed by atoms with Crippen molar-refractivity contribution in [1.29, 1.82) is 0 Å². The van der Waals surface area contributed by atoms with Crippen LogP contribution in [-0.4, -0.2) is 21.6 Å². The van der Waals surface area contributed by atoms with E-state index in [4.69, 9.17) is 11.6 Å². The number of benzene rings is 2. The Labute approximate surface area is 152 Å². The second-order valence-electron chi connectivity index (χ2n) is 5.38. The summed E-state index contributed by atoms with van der Waals surface area (Å²) < 4.78 is 2.48. The van der Waals surface area contributed by atoms with E-state index in [1.54, 1.807) is 35.8 Å². The number of halogens is 1. The molecule has 25 heavy (non-hydrogen) atoms. The van der Waals surface area contributed by atoms with Gasteiger partial charge in [0.1, 0.15) is 6.04 Å². The van der Waals surface area contributed by atoms with E-state index in [1.165, 1.54) is 11.3 Å². The number of nitrogens with zero attached hydrogens (tertiary/aromatic N) is 2. The monoisotopic (exact) mass is 374 g/mol. The molecule has 0 saturated carbocycles. The van der Waals surface area contributed by atoms with Gasteiger partial charge in [0.2, 0.25) is 0 Å². The van der Waals surface area contributed by atoms with E-state index in [9.17, 15) is 14.7 Å². The quantitative estimate of drug-likeness (QED) is 0.746. The summed E-state index contributed by atoms with van der Waals surface area (Å²) in [6, 6.07) is 13.3. The van der Waals surface area contributed by atoms with E-state index in [2.05, 4.69) is 4.99 Å². The maximum atomic E-state index is 12.5. The number of carbonyl (C=O) groups excluding carboxylic acids is 1. The molecule has 0 saturated heterocycles. The summed E-state index contributed by atoms with van der Waals surface area (Å²) in [7, 11) is 0. The molecular formula is C18H15ClN2O3S. The molecule has 7 heteroatoms. The third kappa shape index (κ3) is 3.36. The molecule has 1 unspecified atom stereocenters. The lowest BCUT2D eigenvalue weighted by Gasteiger charge is -2.13. The molecule has 3 rings (SSSR count). The fourth-order valence-corrected chi connectivity index (χ4v) is 3.90. The molecule has 1 heterocycles. The summed E-state index contributed by atoms with van der Waals surface area (Å²) >= 11 is 7.35. The van der Waals surface area contributed by atoms with Gasteiger partial charge in [0.15, 0.2) is 4.80 Å². The fraction of sp³-hybridized carbons (Fsp3) is 0.167. The number of fused-ring (bicyclic) bond motifs is 1. The third-order valence-corrected chi connectivity index (χ3v) is 5.18. The molecule has 0 aliphatic heterocycles. The number of aliphatic carboxylic acids is 1. The van der Waals surface area contributed by atoms with Crippen LogP contribution in [0.1, 0.15) is 29.7 Å². The van der Waals surface area contributed by atoms with Crippen molar-refractivity contribution < 1.29 is 14.7 Å². The molecule has 0 aliphatic rings. The van der Waals surface area contributed by atoms with Gasteiger partial charge in [0.05, 0.1) is 20.8 Å². The first kappa shape index (κ1) is 17.4. The number of carbonyl (C=O) groups is 2. The lowest BCUT2D eigenvalue weighted by atomic mass is 10.2. The van der Waals surface area contributed by atoms with Gasteiger partial charge in [0.25, 0.3) is 5.91 Å². The molecule has 128 valence electrons. The van der Waals surface area contributed by atoms with E-state index in [0.717, 1.165) is 10.2 Å². The average Bonchev–Trinajstić information content (AvgIpc) is 2.94. The van der Waals surface area contributed by atoms with Crippen LogP contribution in [0.2, 0.25) is 5.02 Å². The van der Waals surface area contributed by atoms with Crippen LogP contribution in [0.4, 0.5) is 0 Å². The van der Waals surface area contributed by atoms with Crippen molar-refractivity contribution >= 4 is 45.0 Å². The Hall–Kier alpha value is -2.44. The van der Waals surface area contributed by atoms with Crippen molar-refractivity contribution in [2.75, 3.05) is 0 Å². The van der Waals surface area contributed by atoms with Crippen LogP contribution in [0.3, 0.4) is 0 Å². The summed E-state index contributed by atoms with van der Waals surface area (Å²) in [6.45, 7) is 1.79. The minimum Gasteiger partial charge on any atom is -0.480 e. The highest BCUT2D eigenvalue weighted by Crippen LogP contribution is 2.23. The second kappa shape index (κ2) is 7.21. The standard InChI is InChI=1S/C18H15ClN2O3S/c1-2-13(17(23)24)21-14-9-5-6-10-15(14)25-18(21)20-16(22)11-7-3-4-8-12(11)19/h3-10,13H,2H2,1H3,(H,23,24)/b20-18-. The Kier molecular flexibility index (Phi) is 5.01. The maximum Gasteiger partial charge on any atom is 0.326 e. The van der Waals surface area contributed by atoms with Crippen molar-refractivity contribution in [3.05, 3.63) is 63.9 Å². The number of hydrogen-bond donors (Lipinski definition) is 1. The topological polar surface area (TPSA) is 71.7 Å². The lowest BCUT2D eigenvalue weighted by Crippen LogP contribution is -2.27. The predicted octanol–water partition coefficient (Wildman–Crippen LogP) is 4.13. The zero-order chi connectivity index (χ0) is 18.0. The highest BCUT2D eigenvalue weighted by Gasteiger charge is 2.22. The number of rotatable bonds is 4. The minimum absolute atomic E-state index is 0.288. The van der Waals surface area contributed by atoms with E-state index >= 15 is 0 Å². The number of amides is 1. The summed E-state index contributed by atoms with van der Waals surface area (Å²) in [5.41, 5.74) is 1.03. The molecule has 1 atom stereocenters. The average molecular weight is 375 g/mol. The van der Waals surface area contributed by atoms with Gasteiger partial charge in [-0.2, -0.15) is 4.99 Å². The molecule has 2 aromatic carbocycles. The Morgan fingerprint density at radius 2 is 1.88 bits per heavy atom. The molecule has 5 nitrogen and oxygen atoms in total. The zero-order valence-electron chi connectivity index (χ0n) is 13.3. The highest BCUT2D eigenvalue weighted by atomic mass is 35.5. The molecule has 1 N–H and O–H groups in total. The van der Waals surface area contributed by atoms with Crippen LogP contribution < -0.4 is 4.80 Å². The number of para-hydroxylation sites is 1. The number of carboxylic acid groups (broad SMARTS) is 1. The van der Waals surface area contributed by atoms with Gasteiger partial charge in [-0.1, -0.05) is 54.1 Å². The Morgan fingerprint density at radius 1 is 1.20 bits per heavy atom. The van der Waals surface area contributed by atoms with E-state index in [1.807, 2.05) is 24.3 Å². The van der Waals surface area contributed by atoms with Crippen LogP contribution in [0.25, 0.3) is 10.2 Å². The summed E-state index contributed by atoms with van der Waals surface area (Å²) in [6.07, 6.45) is 0.379. The largest absolute Gasteiger partial charge is 0.480 e. The number of hydrogen-bond acceptors (Lipinski definition) is 3. The van der Waals surface area contributed by atoms with Gasteiger partial charge >= 0.3 is 5.97 Å². The van der Waals surface area contributed by atoms with Gasteiger partial charge in [-0.25, -0.2) is 4.79 Å². The van der Waals surface area contributed by atoms with E-state index in [-0.39, 0.29) is 5.56 Å². The summed E-state index contributed by atoms with van der Waals surface area (Å²) in [5.74, 6) is -1.45. The smallest absolute Gasteiger partial charge is 0.326 e.